The first kappa shape index (κ1) is 12.3. The molecule has 1 amide bonds. The number of pyridine rings is 2. The lowest BCUT2D eigenvalue weighted by atomic mass is 10.1. The van der Waals surface area contributed by atoms with Crippen LogP contribution in [-0.4, -0.2) is 15.9 Å². The summed E-state index contributed by atoms with van der Waals surface area (Å²) < 4.78 is 0. The first-order valence-corrected chi connectivity index (χ1v) is 6.35. The second kappa shape index (κ2) is 5.48. The number of nitrogens with one attached hydrogen (secondary N) is 1. The zero-order valence-electron chi connectivity index (χ0n) is 10.8. The van der Waals surface area contributed by atoms with Crippen molar-refractivity contribution in [3.8, 4) is 0 Å². The lowest BCUT2D eigenvalue weighted by Gasteiger charge is -2.07. The second-order valence-electron chi connectivity index (χ2n) is 4.42. The first-order valence-electron chi connectivity index (χ1n) is 6.35. The Balaban J connectivity index is 1.82. The van der Waals surface area contributed by atoms with Gasteiger partial charge in [0.15, 0.2) is 0 Å². The zero-order valence-corrected chi connectivity index (χ0v) is 10.8. The highest BCUT2D eigenvalue weighted by Crippen LogP contribution is 2.16. The monoisotopic (exact) mass is 263 g/mol. The summed E-state index contributed by atoms with van der Waals surface area (Å²) in [7, 11) is 0. The molecule has 3 aromatic rings. The summed E-state index contributed by atoms with van der Waals surface area (Å²) in [5, 5.41) is 4.75. The van der Waals surface area contributed by atoms with Crippen LogP contribution in [0, 0.1) is 0 Å². The molecule has 4 heteroatoms. The van der Waals surface area contributed by atoms with Crippen molar-refractivity contribution in [3.63, 3.8) is 0 Å². The topological polar surface area (TPSA) is 54.9 Å². The van der Waals surface area contributed by atoms with E-state index in [2.05, 4.69) is 15.3 Å². The van der Waals surface area contributed by atoms with Gasteiger partial charge < -0.3 is 5.32 Å². The van der Waals surface area contributed by atoms with E-state index in [-0.39, 0.29) is 5.91 Å². The van der Waals surface area contributed by atoms with Crippen molar-refractivity contribution in [2.45, 2.75) is 6.54 Å². The third-order valence-electron chi connectivity index (χ3n) is 3.09. The summed E-state index contributed by atoms with van der Waals surface area (Å²) in [5.41, 5.74) is 1.46. The number of amides is 1. The predicted octanol–water partition coefficient (Wildman–Crippen LogP) is 2.56. The molecule has 0 spiro atoms. The third kappa shape index (κ3) is 2.49. The smallest absolute Gasteiger partial charge is 0.270 e. The van der Waals surface area contributed by atoms with Crippen LogP contribution < -0.4 is 5.32 Å². The van der Waals surface area contributed by atoms with Crippen molar-refractivity contribution in [1.82, 2.24) is 15.3 Å². The molecule has 0 fully saturated rings. The Labute approximate surface area is 116 Å². The Morgan fingerprint density at radius 1 is 1.00 bits per heavy atom. The maximum Gasteiger partial charge on any atom is 0.270 e. The van der Waals surface area contributed by atoms with Crippen molar-refractivity contribution in [3.05, 3.63) is 72.3 Å². The Bertz CT molecular complexity index is 736. The molecule has 0 aliphatic carbocycles. The highest BCUT2D eigenvalue weighted by Gasteiger charge is 2.10. The SMILES string of the molecule is O=C(NCc1ccncc1)c1nccc2ccccc12. The molecular formula is C16H13N3O. The van der Waals surface area contributed by atoms with Gasteiger partial charge in [-0.05, 0) is 29.1 Å². The zero-order chi connectivity index (χ0) is 13.8. The minimum absolute atomic E-state index is 0.168. The molecule has 0 bridgehead atoms. The fourth-order valence-corrected chi connectivity index (χ4v) is 2.07. The quantitative estimate of drug-likeness (QED) is 0.790. The molecule has 98 valence electrons. The summed E-state index contributed by atoms with van der Waals surface area (Å²) in [6.07, 6.45) is 5.07. The van der Waals surface area contributed by atoms with E-state index in [4.69, 9.17) is 0 Å². The lowest BCUT2D eigenvalue weighted by molar-refractivity contribution is 0.0948. The van der Waals surface area contributed by atoms with E-state index in [1.165, 1.54) is 0 Å². The van der Waals surface area contributed by atoms with Crippen LogP contribution in [0.1, 0.15) is 16.1 Å². The molecule has 2 heterocycles. The molecule has 3 rings (SSSR count). The number of carbonyl (C=O) groups excluding carboxylic acids is 1. The lowest BCUT2D eigenvalue weighted by Crippen LogP contribution is -2.24. The van der Waals surface area contributed by atoms with E-state index in [1.54, 1.807) is 18.6 Å². The maximum atomic E-state index is 12.2. The molecule has 2 aromatic heterocycles. The van der Waals surface area contributed by atoms with Gasteiger partial charge in [-0.1, -0.05) is 24.3 Å². The summed E-state index contributed by atoms with van der Waals surface area (Å²) in [4.78, 5) is 20.4. The largest absolute Gasteiger partial charge is 0.347 e. The van der Waals surface area contributed by atoms with Gasteiger partial charge in [-0.15, -0.1) is 0 Å². The van der Waals surface area contributed by atoms with Crippen LogP contribution in [0.15, 0.2) is 61.1 Å². The van der Waals surface area contributed by atoms with Gasteiger partial charge in [-0.25, -0.2) is 0 Å². The first-order chi connectivity index (χ1) is 9.84. The molecule has 0 saturated carbocycles. The number of hydrogen-bond donors (Lipinski definition) is 1. The maximum absolute atomic E-state index is 12.2. The molecule has 0 radical (unpaired) electrons. The number of aromatic nitrogens is 2. The number of hydrogen-bond acceptors (Lipinski definition) is 3. The molecule has 0 unspecified atom stereocenters. The molecule has 4 nitrogen and oxygen atoms in total. The Hall–Kier alpha value is -2.75. The van der Waals surface area contributed by atoms with Crippen LogP contribution >= 0.6 is 0 Å². The van der Waals surface area contributed by atoms with Crippen LogP contribution in [-0.2, 0) is 6.54 Å². The normalized spacial score (nSPS) is 10.4. The Morgan fingerprint density at radius 3 is 2.65 bits per heavy atom. The molecule has 0 aliphatic heterocycles. The molecule has 1 N–H and O–H groups in total. The second-order valence-corrected chi connectivity index (χ2v) is 4.42. The number of rotatable bonds is 3. The molecule has 0 saturated heterocycles. The standard InChI is InChI=1S/C16H13N3O/c20-16(19-11-12-5-8-17-9-6-12)15-14-4-2-1-3-13(14)7-10-18-15/h1-10H,11H2,(H,19,20). The van der Waals surface area contributed by atoms with Crippen molar-refractivity contribution in [1.29, 1.82) is 0 Å². The van der Waals surface area contributed by atoms with Crippen molar-refractivity contribution in [2.75, 3.05) is 0 Å². The molecule has 1 aromatic carbocycles. The van der Waals surface area contributed by atoms with Crippen molar-refractivity contribution in [2.24, 2.45) is 0 Å². The van der Waals surface area contributed by atoms with Gasteiger partial charge in [0.2, 0.25) is 0 Å². The van der Waals surface area contributed by atoms with Crippen molar-refractivity contribution < 1.29 is 4.79 Å². The van der Waals surface area contributed by atoms with E-state index in [9.17, 15) is 4.79 Å². The van der Waals surface area contributed by atoms with Gasteiger partial charge in [-0.3, -0.25) is 14.8 Å². The van der Waals surface area contributed by atoms with Crippen LogP contribution in [0.5, 0.6) is 0 Å². The molecule has 0 aliphatic rings. The van der Waals surface area contributed by atoms with Gasteiger partial charge >= 0.3 is 0 Å². The van der Waals surface area contributed by atoms with Crippen LogP contribution in [0.2, 0.25) is 0 Å². The Kier molecular flexibility index (Phi) is 3.37. The predicted molar refractivity (Wildman–Crippen MR) is 77.2 cm³/mol. The fourth-order valence-electron chi connectivity index (χ4n) is 2.07. The molecule has 20 heavy (non-hydrogen) atoms. The minimum atomic E-state index is -0.168. The van der Waals surface area contributed by atoms with E-state index in [0.717, 1.165) is 16.3 Å². The van der Waals surface area contributed by atoms with E-state index in [0.29, 0.717) is 12.2 Å². The average molecular weight is 263 g/mol. The highest BCUT2D eigenvalue weighted by atomic mass is 16.1. The Morgan fingerprint density at radius 2 is 1.80 bits per heavy atom. The molecular weight excluding hydrogens is 250 g/mol. The van der Waals surface area contributed by atoms with E-state index < -0.39 is 0 Å². The van der Waals surface area contributed by atoms with Gasteiger partial charge in [0.05, 0.1) is 0 Å². The molecule has 0 atom stereocenters. The van der Waals surface area contributed by atoms with Gasteiger partial charge in [0.1, 0.15) is 5.69 Å². The highest BCUT2D eigenvalue weighted by molar-refractivity contribution is 6.05. The van der Waals surface area contributed by atoms with Crippen molar-refractivity contribution >= 4 is 16.7 Å². The number of nitrogens with zero attached hydrogens (tertiary/aromatic N) is 2. The van der Waals surface area contributed by atoms with Gasteiger partial charge in [0.25, 0.3) is 5.91 Å². The number of benzene rings is 1. The van der Waals surface area contributed by atoms with Gasteiger partial charge in [0, 0.05) is 30.5 Å². The van der Waals surface area contributed by atoms with Crippen LogP contribution in [0.3, 0.4) is 0 Å². The van der Waals surface area contributed by atoms with Gasteiger partial charge in [-0.2, -0.15) is 0 Å². The summed E-state index contributed by atoms with van der Waals surface area (Å²) in [5.74, 6) is -0.168. The van der Waals surface area contributed by atoms with E-state index in [1.807, 2.05) is 42.5 Å². The number of carbonyl (C=O) groups is 1. The third-order valence-corrected chi connectivity index (χ3v) is 3.09. The average Bonchev–Trinajstić information content (AvgIpc) is 2.53. The van der Waals surface area contributed by atoms with Crippen LogP contribution in [0.25, 0.3) is 10.8 Å². The number of fused-ring (bicyclic) bond motifs is 1. The summed E-state index contributed by atoms with van der Waals surface area (Å²) in [6, 6.07) is 13.4. The fraction of sp³-hybridized carbons (Fsp3) is 0.0625. The minimum Gasteiger partial charge on any atom is -0.347 e. The summed E-state index contributed by atoms with van der Waals surface area (Å²) in [6.45, 7) is 0.465. The van der Waals surface area contributed by atoms with E-state index >= 15 is 0 Å². The summed E-state index contributed by atoms with van der Waals surface area (Å²) >= 11 is 0. The van der Waals surface area contributed by atoms with Crippen LogP contribution in [0.4, 0.5) is 0 Å².